The van der Waals surface area contributed by atoms with E-state index >= 15 is 0 Å². The number of hydrogen-bond donors (Lipinski definition) is 0. The van der Waals surface area contributed by atoms with Gasteiger partial charge in [-0.2, -0.15) is 8.42 Å². The van der Waals surface area contributed by atoms with Gasteiger partial charge in [-0.1, -0.05) is 37.6 Å². The number of nitrogens with zero attached hydrogens (tertiary/aromatic N) is 2. The molecule has 0 spiro atoms. The molecule has 0 aliphatic heterocycles. The average Bonchev–Trinajstić information content (AvgIpc) is 2.95. The molecule has 2 aromatic rings. The largest absolute Gasteiger partial charge is 0.327 e. The predicted octanol–water partition coefficient (Wildman–Crippen LogP) is 4.49. The lowest BCUT2D eigenvalue weighted by atomic mass is 9.87. The second kappa shape index (κ2) is 8.33. The van der Waals surface area contributed by atoms with E-state index in [2.05, 4.69) is 18.4 Å². The maximum Gasteiger partial charge on any atom is 0.264 e. The standard InChI is InChI=1S/C20H27ClN2O3S/c1-14(2)20-22-18-6-4-5-16(11-12-26-27(3,24)25)19(18)23(20)13-15-7-9-17(21)10-8-15/h7-10,14,16H,4-6,11-13H2,1-3H3. The van der Waals surface area contributed by atoms with Gasteiger partial charge in [-0.3, -0.25) is 4.18 Å². The van der Waals surface area contributed by atoms with E-state index in [1.165, 1.54) is 11.3 Å². The van der Waals surface area contributed by atoms with Gasteiger partial charge in [0.05, 0.1) is 18.6 Å². The molecule has 148 valence electrons. The van der Waals surface area contributed by atoms with Crippen molar-refractivity contribution in [2.45, 2.75) is 57.9 Å². The lowest BCUT2D eigenvalue weighted by Crippen LogP contribution is -2.18. The van der Waals surface area contributed by atoms with Crippen molar-refractivity contribution in [1.29, 1.82) is 0 Å². The van der Waals surface area contributed by atoms with Gasteiger partial charge >= 0.3 is 0 Å². The maximum atomic E-state index is 11.3. The first-order valence-corrected chi connectivity index (χ1v) is 11.6. The van der Waals surface area contributed by atoms with Crippen molar-refractivity contribution < 1.29 is 12.6 Å². The third-order valence-corrected chi connectivity index (χ3v) is 5.85. The predicted molar refractivity (Wildman–Crippen MR) is 108 cm³/mol. The molecule has 1 aromatic carbocycles. The second-order valence-electron chi connectivity index (χ2n) is 7.57. The highest BCUT2D eigenvalue weighted by Gasteiger charge is 2.28. The highest BCUT2D eigenvalue weighted by molar-refractivity contribution is 7.85. The molecule has 0 bridgehead atoms. The molecule has 1 aromatic heterocycles. The summed E-state index contributed by atoms with van der Waals surface area (Å²) in [5, 5.41) is 0.728. The molecule has 1 aliphatic carbocycles. The molecule has 0 saturated carbocycles. The van der Waals surface area contributed by atoms with Crippen LogP contribution in [0.5, 0.6) is 0 Å². The van der Waals surface area contributed by atoms with Gasteiger partial charge in [-0.15, -0.1) is 0 Å². The van der Waals surface area contributed by atoms with Crippen LogP contribution in [0.25, 0.3) is 0 Å². The molecule has 0 saturated heterocycles. The van der Waals surface area contributed by atoms with E-state index in [0.717, 1.165) is 48.6 Å². The zero-order chi connectivity index (χ0) is 19.6. The van der Waals surface area contributed by atoms with E-state index in [0.29, 0.717) is 12.3 Å². The monoisotopic (exact) mass is 410 g/mol. The van der Waals surface area contributed by atoms with Crippen molar-refractivity contribution in [3.63, 3.8) is 0 Å². The Morgan fingerprint density at radius 3 is 2.63 bits per heavy atom. The molecule has 27 heavy (non-hydrogen) atoms. The van der Waals surface area contributed by atoms with Crippen molar-refractivity contribution in [2.24, 2.45) is 0 Å². The van der Waals surface area contributed by atoms with Gasteiger partial charge in [0, 0.05) is 29.1 Å². The Bertz CT molecular complexity index is 889. The molecule has 7 heteroatoms. The molecule has 0 amide bonds. The fraction of sp³-hybridized carbons (Fsp3) is 0.550. The van der Waals surface area contributed by atoms with Crippen LogP contribution in [0.3, 0.4) is 0 Å². The number of benzene rings is 1. The van der Waals surface area contributed by atoms with Crippen molar-refractivity contribution in [2.75, 3.05) is 12.9 Å². The number of fused-ring (bicyclic) bond motifs is 1. The summed E-state index contributed by atoms with van der Waals surface area (Å²) in [6, 6.07) is 7.91. The zero-order valence-electron chi connectivity index (χ0n) is 16.1. The Hall–Kier alpha value is -1.37. The third kappa shape index (κ3) is 5.12. The van der Waals surface area contributed by atoms with Crippen LogP contribution in [0.2, 0.25) is 5.02 Å². The highest BCUT2D eigenvalue weighted by Crippen LogP contribution is 2.36. The molecule has 0 fully saturated rings. The summed E-state index contributed by atoms with van der Waals surface area (Å²) in [4.78, 5) is 4.95. The summed E-state index contributed by atoms with van der Waals surface area (Å²) in [6.07, 6.45) is 4.87. The summed E-state index contributed by atoms with van der Waals surface area (Å²) in [7, 11) is -3.41. The fourth-order valence-corrected chi connectivity index (χ4v) is 4.35. The van der Waals surface area contributed by atoms with Crippen LogP contribution in [0.1, 0.15) is 67.7 Å². The Labute approximate surface area is 166 Å². The smallest absolute Gasteiger partial charge is 0.264 e. The summed E-state index contributed by atoms with van der Waals surface area (Å²) in [6.45, 7) is 5.28. The van der Waals surface area contributed by atoms with Gasteiger partial charge < -0.3 is 4.57 Å². The molecule has 1 atom stereocenters. The van der Waals surface area contributed by atoms with Crippen LogP contribution in [0.15, 0.2) is 24.3 Å². The highest BCUT2D eigenvalue weighted by atomic mass is 35.5. The Morgan fingerprint density at radius 2 is 2.00 bits per heavy atom. The van der Waals surface area contributed by atoms with E-state index in [1.54, 1.807) is 0 Å². The van der Waals surface area contributed by atoms with Crippen LogP contribution in [-0.2, 0) is 27.3 Å². The number of hydrogen-bond acceptors (Lipinski definition) is 4. The quantitative estimate of drug-likeness (QED) is 0.630. The van der Waals surface area contributed by atoms with Gasteiger partial charge in [0.1, 0.15) is 5.82 Å². The van der Waals surface area contributed by atoms with Gasteiger partial charge in [0.25, 0.3) is 10.1 Å². The lowest BCUT2D eigenvalue weighted by molar-refractivity contribution is 0.293. The molecular weight excluding hydrogens is 384 g/mol. The fourth-order valence-electron chi connectivity index (χ4n) is 3.83. The van der Waals surface area contributed by atoms with Crippen LogP contribution in [0, 0.1) is 0 Å². The first-order chi connectivity index (χ1) is 12.7. The second-order valence-corrected chi connectivity index (χ2v) is 9.65. The summed E-state index contributed by atoms with van der Waals surface area (Å²) < 4.78 is 29.9. The average molecular weight is 411 g/mol. The summed E-state index contributed by atoms with van der Waals surface area (Å²) in [5.41, 5.74) is 3.58. The van der Waals surface area contributed by atoms with E-state index < -0.39 is 10.1 Å². The van der Waals surface area contributed by atoms with E-state index in [4.69, 9.17) is 20.8 Å². The summed E-state index contributed by atoms with van der Waals surface area (Å²) in [5.74, 6) is 1.67. The minimum Gasteiger partial charge on any atom is -0.327 e. The molecule has 3 rings (SSSR count). The maximum absolute atomic E-state index is 11.3. The molecule has 0 N–H and O–H groups in total. The van der Waals surface area contributed by atoms with Crippen LogP contribution in [-0.4, -0.2) is 30.8 Å². The Morgan fingerprint density at radius 1 is 1.30 bits per heavy atom. The Kier molecular flexibility index (Phi) is 6.28. The third-order valence-electron chi connectivity index (χ3n) is 5.00. The van der Waals surface area contributed by atoms with E-state index in [-0.39, 0.29) is 12.5 Å². The van der Waals surface area contributed by atoms with Gasteiger partial charge in [-0.05, 0) is 43.4 Å². The number of aryl methyl sites for hydroxylation is 1. The molecule has 1 unspecified atom stereocenters. The number of halogens is 1. The van der Waals surface area contributed by atoms with Crippen molar-refractivity contribution in [1.82, 2.24) is 9.55 Å². The minimum atomic E-state index is -3.41. The number of imidazole rings is 1. The van der Waals surface area contributed by atoms with Crippen molar-refractivity contribution in [3.05, 3.63) is 52.1 Å². The van der Waals surface area contributed by atoms with Crippen LogP contribution < -0.4 is 0 Å². The molecular formula is C20H27ClN2O3S. The first kappa shape index (κ1) is 20.4. The normalized spacial score (nSPS) is 17.3. The van der Waals surface area contributed by atoms with Crippen molar-refractivity contribution >= 4 is 21.7 Å². The number of aromatic nitrogens is 2. The van der Waals surface area contributed by atoms with Gasteiger partial charge in [-0.25, -0.2) is 4.98 Å². The van der Waals surface area contributed by atoms with E-state index in [9.17, 15) is 8.42 Å². The lowest BCUT2D eigenvalue weighted by Gasteiger charge is -2.25. The van der Waals surface area contributed by atoms with Gasteiger partial charge in [0.15, 0.2) is 0 Å². The van der Waals surface area contributed by atoms with E-state index in [1.807, 2.05) is 24.3 Å². The van der Waals surface area contributed by atoms with Crippen LogP contribution in [0.4, 0.5) is 0 Å². The zero-order valence-corrected chi connectivity index (χ0v) is 17.7. The SMILES string of the molecule is CC(C)c1nc2c(n1Cc1ccc(Cl)cc1)C(CCOS(C)(=O)=O)CCC2. The first-order valence-electron chi connectivity index (χ1n) is 9.42. The topological polar surface area (TPSA) is 61.2 Å². The molecule has 1 aliphatic rings. The summed E-state index contributed by atoms with van der Waals surface area (Å²) >= 11 is 6.03. The van der Waals surface area contributed by atoms with Crippen LogP contribution >= 0.6 is 11.6 Å². The molecule has 1 heterocycles. The Balaban J connectivity index is 1.91. The molecule has 5 nitrogen and oxygen atoms in total. The van der Waals surface area contributed by atoms with Gasteiger partial charge in [0.2, 0.25) is 0 Å². The van der Waals surface area contributed by atoms with Crippen molar-refractivity contribution in [3.8, 4) is 0 Å². The molecule has 0 radical (unpaired) electrons. The number of rotatable bonds is 7. The minimum absolute atomic E-state index is 0.214.